The van der Waals surface area contributed by atoms with E-state index in [1.807, 2.05) is 6.07 Å². The highest BCUT2D eigenvalue weighted by Gasteiger charge is 2.16. The third-order valence-corrected chi connectivity index (χ3v) is 4.32. The predicted molar refractivity (Wildman–Crippen MR) is 75.0 cm³/mol. The molecule has 0 bridgehead atoms. The average Bonchev–Trinajstić information content (AvgIpc) is 2.46. The summed E-state index contributed by atoms with van der Waals surface area (Å²) >= 11 is 0. The molecule has 1 aromatic rings. The molecule has 106 valence electrons. The molecule has 6 heteroatoms. The van der Waals surface area contributed by atoms with Gasteiger partial charge in [0.1, 0.15) is 6.07 Å². The van der Waals surface area contributed by atoms with E-state index in [0.717, 1.165) is 25.7 Å². The van der Waals surface area contributed by atoms with Crippen LogP contribution in [0.5, 0.6) is 0 Å². The molecule has 1 aromatic carbocycles. The SMILES string of the molecule is N#CCCCCCCNS(=O)(=O)c1ccccc1C#N. The van der Waals surface area contributed by atoms with Crippen molar-refractivity contribution < 1.29 is 8.42 Å². The first-order chi connectivity index (χ1) is 9.61. The van der Waals surface area contributed by atoms with Gasteiger partial charge in [0.15, 0.2) is 0 Å². The number of nitrogens with one attached hydrogen (secondary N) is 1. The van der Waals surface area contributed by atoms with Crippen LogP contribution in [0.25, 0.3) is 0 Å². The van der Waals surface area contributed by atoms with Gasteiger partial charge in [-0.1, -0.05) is 25.0 Å². The van der Waals surface area contributed by atoms with E-state index in [2.05, 4.69) is 10.8 Å². The molecule has 0 fully saturated rings. The highest BCUT2D eigenvalue weighted by atomic mass is 32.2. The Bertz CT molecular complexity index is 612. The molecule has 0 aliphatic carbocycles. The number of nitriles is 2. The van der Waals surface area contributed by atoms with Crippen molar-refractivity contribution in [2.75, 3.05) is 6.54 Å². The number of hydrogen-bond acceptors (Lipinski definition) is 4. The fraction of sp³-hybridized carbons (Fsp3) is 0.429. The molecular formula is C14H17N3O2S. The van der Waals surface area contributed by atoms with Gasteiger partial charge >= 0.3 is 0 Å². The van der Waals surface area contributed by atoms with Gasteiger partial charge in [0, 0.05) is 13.0 Å². The lowest BCUT2D eigenvalue weighted by molar-refractivity contribution is 0.572. The fourth-order valence-corrected chi connectivity index (χ4v) is 2.99. The monoisotopic (exact) mass is 291 g/mol. The zero-order valence-corrected chi connectivity index (χ0v) is 12.0. The third kappa shape index (κ3) is 5.00. The Morgan fingerprint density at radius 3 is 2.45 bits per heavy atom. The van der Waals surface area contributed by atoms with Gasteiger partial charge in [0.25, 0.3) is 0 Å². The minimum Gasteiger partial charge on any atom is -0.211 e. The van der Waals surface area contributed by atoms with Gasteiger partial charge in [-0.25, -0.2) is 13.1 Å². The molecule has 0 heterocycles. The highest BCUT2D eigenvalue weighted by molar-refractivity contribution is 7.89. The highest BCUT2D eigenvalue weighted by Crippen LogP contribution is 2.14. The van der Waals surface area contributed by atoms with Gasteiger partial charge in [0.2, 0.25) is 10.0 Å². The minimum atomic E-state index is -3.63. The Hall–Kier alpha value is -1.89. The summed E-state index contributed by atoms with van der Waals surface area (Å²) in [5.74, 6) is 0. The van der Waals surface area contributed by atoms with Crippen LogP contribution in [-0.4, -0.2) is 15.0 Å². The first-order valence-corrected chi connectivity index (χ1v) is 7.96. The van der Waals surface area contributed by atoms with E-state index < -0.39 is 10.0 Å². The van der Waals surface area contributed by atoms with Gasteiger partial charge in [0.05, 0.1) is 16.5 Å². The van der Waals surface area contributed by atoms with E-state index in [9.17, 15) is 8.42 Å². The third-order valence-electron chi connectivity index (χ3n) is 2.80. The molecule has 1 rings (SSSR count). The molecule has 0 saturated carbocycles. The van der Waals surface area contributed by atoms with E-state index in [4.69, 9.17) is 10.5 Å². The largest absolute Gasteiger partial charge is 0.241 e. The van der Waals surface area contributed by atoms with Crippen LogP contribution >= 0.6 is 0 Å². The number of benzene rings is 1. The van der Waals surface area contributed by atoms with Gasteiger partial charge in [-0.15, -0.1) is 0 Å². The molecule has 20 heavy (non-hydrogen) atoms. The molecule has 0 aliphatic rings. The zero-order valence-electron chi connectivity index (χ0n) is 11.2. The maximum absolute atomic E-state index is 12.0. The lowest BCUT2D eigenvalue weighted by atomic mass is 10.1. The second-order valence-corrected chi connectivity index (χ2v) is 6.06. The fourth-order valence-electron chi connectivity index (χ4n) is 1.76. The second-order valence-electron chi connectivity index (χ2n) is 4.33. The molecule has 0 aliphatic heterocycles. The zero-order chi connectivity index (χ0) is 14.8. The molecule has 0 spiro atoms. The van der Waals surface area contributed by atoms with Crippen LogP contribution in [0.2, 0.25) is 0 Å². The van der Waals surface area contributed by atoms with Crippen molar-refractivity contribution in [3.05, 3.63) is 29.8 Å². The smallest absolute Gasteiger partial charge is 0.211 e. The molecule has 1 N–H and O–H groups in total. The second kappa shape index (κ2) is 8.31. The maximum Gasteiger partial charge on any atom is 0.241 e. The summed E-state index contributed by atoms with van der Waals surface area (Å²) in [6.07, 6.45) is 3.91. The normalized spacial score (nSPS) is 10.7. The first-order valence-electron chi connectivity index (χ1n) is 6.47. The van der Waals surface area contributed by atoms with Crippen molar-refractivity contribution in [2.24, 2.45) is 0 Å². The van der Waals surface area contributed by atoms with Crippen molar-refractivity contribution in [3.8, 4) is 12.1 Å². The number of unbranched alkanes of at least 4 members (excludes halogenated alkanes) is 4. The van der Waals surface area contributed by atoms with Gasteiger partial charge < -0.3 is 0 Å². The summed E-state index contributed by atoms with van der Waals surface area (Å²) in [4.78, 5) is 0.0204. The van der Waals surface area contributed by atoms with Crippen molar-refractivity contribution in [3.63, 3.8) is 0 Å². The van der Waals surface area contributed by atoms with Crippen LogP contribution in [-0.2, 0) is 10.0 Å². The van der Waals surface area contributed by atoms with Crippen LogP contribution in [0, 0.1) is 22.7 Å². The molecule has 5 nitrogen and oxygen atoms in total. The van der Waals surface area contributed by atoms with Crippen LogP contribution in [0.1, 0.15) is 37.7 Å². The van der Waals surface area contributed by atoms with Crippen LogP contribution in [0.4, 0.5) is 0 Å². The van der Waals surface area contributed by atoms with E-state index in [-0.39, 0.29) is 10.5 Å². The molecule has 0 atom stereocenters. The van der Waals surface area contributed by atoms with E-state index in [0.29, 0.717) is 13.0 Å². The van der Waals surface area contributed by atoms with E-state index in [1.54, 1.807) is 12.1 Å². The molecule has 0 amide bonds. The number of nitrogens with zero attached hydrogens (tertiary/aromatic N) is 2. The number of sulfonamides is 1. The van der Waals surface area contributed by atoms with Crippen LogP contribution < -0.4 is 4.72 Å². The van der Waals surface area contributed by atoms with E-state index in [1.165, 1.54) is 12.1 Å². The van der Waals surface area contributed by atoms with Crippen molar-refractivity contribution in [1.29, 1.82) is 10.5 Å². The predicted octanol–water partition coefficient (Wildman–Crippen LogP) is 2.31. The lowest BCUT2D eigenvalue weighted by Crippen LogP contribution is -2.25. The van der Waals surface area contributed by atoms with Crippen LogP contribution in [0.15, 0.2) is 29.2 Å². The van der Waals surface area contributed by atoms with Crippen LogP contribution in [0.3, 0.4) is 0 Å². The summed E-state index contributed by atoms with van der Waals surface area (Å²) in [7, 11) is -3.63. The summed E-state index contributed by atoms with van der Waals surface area (Å²) < 4.78 is 26.6. The summed E-state index contributed by atoms with van der Waals surface area (Å²) in [5, 5.41) is 17.3. The van der Waals surface area contributed by atoms with Crippen molar-refractivity contribution in [1.82, 2.24) is 4.72 Å². The number of rotatable bonds is 8. The van der Waals surface area contributed by atoms with Crippen molar-refractivity contribution in [2.45, 2.75) is 37.0 Å². The van der Waals surface area contributed by atoms with Gasteiger partial charge in [-0.3, -0.25) is 0 Å². The molecular weight excluding hydrogens is 274 g/mol. The van der Waals surface area contributed by atoms with Gasteiger partial charge in [-0.05, 0) is 25.0 Å². The van der Waals surface area contributed by atoms with Gasteiger partial charge in [-0.2, -0.15) is 10.5 Å². The maximum atomic E-state index is 12.0. The molecule has 0 saturated heterocycles. The van der Waals surface area contributed by atoms with E-state index >= 15 is 0 Å². The first kappa shape index (κ1) is 16.2. The summed E-state index contributed by atoms with van der Waals surface area (Å²) in [5.41, 5.74) is 0.147. The Balaban J connectivity index is 2.47. The standard InChI is InChI=1S/C14H17N3O2S/c15-10-6-2-1-3-7-11-17-20(18,19)14-9-5-4-8-13(14)12-16/h4-5,8-9,17H,1-3,6-7,11H2. The lowest BCUT2D eigenvalue weighted by Gasteiger charge is -2.07. The molecule has 0 aromatic heterocycles. The average molecular weight is 291 g/mol. The number of hydrogen-bond donors (Lipinski definition) is 1. The summed E-state index contributed by atoms with van der Waals surface area (Å²) in [6, 6.07) is 10.1. The topological polar surface area (TPSA) is 93.8 Å². The van der Waals surface area contributed by atoms with Crippen molar-refractivity contribution >= 4 is 10.0 Å². The Morgan fingerprint density at radius 2 is 1.75 bits per heavy atom. The Morgan fingerprint density at radius 1 is 1.05 bits per heavy atom. The Kier molecular flexibility index (Phi) is 6.72. The molecule has 0 radical (unpaired) electrons. The quantitative estimate of drug-likeness (QED) is 0.744. The molecule has 0 unspecified atom stereocenters. The summed E-state index contributed by atoms with van der Waals surface area (Å²) in [6.45, 7) is 0.342. The Labute approximate surface area is 119 Å². The minimum absolute atomic E-state index is 0.0204.